The van der Waals surface area contributed by atoms with Gasteiger partial charge in [-0.1, -0.05) is 37.3 Å². The van der Waals surface area contributed by atoms with Crippen LogP contribution in [-0.2, 0) is 11.2 Å². The van der Waals surface area contributed by atoms with Gasteiger partial charge in [0.2, 0.25) is 0 Å². The Morgan fingerprint density at radius 3 is 2.50 bits per heavy atom. The van der Waals surface area contributed by atoms with Crippen molar-refractivity contribution in [2.24, 2.45) is 28.1 Å². The topological polar surface area (TPSA) is 107 Å². The third-order valence-electron chi connectivity index (χ3n) is 3.61. The molecule has 0 unspecified atom stereocenters. The molecule has 6 N–H and O–H groups in total. The Bertz CT molecular complexity index is 469. The Morgan fingerprint density at radius 2 is 1.86 bits per heavy atom. The van der Waals surface area contributed by atoms with Crippen molar-refractivity contribution in [3.8, 4) is 0 Å². The molecule has 0 bridgehead atoms. The monoisotopic (exact) mass is 304 g/mol. The van der Waals surface area contributed by atoms with E-state index in [-0.39, 0.29) is 17.8 Å². The van der Waals surface area contributed by atoms with Gasteiger partial charge in [-0.3, -0.25) is 9.79 Å². The fourth-order valence-corrected chi connectivity index (χ4v) is 2.43. The molecule has 22 heavy (non-hydrogen) atoms. The van der Waals surface area contributed by atoms with Gasteiger partial charge in [0.15, 0.2) is 5.96 Å². The van der Waals surface area contributed by atoms with Gasteiger partial charge in [0.05, 0.1) is 6.04 Å². The number of Topliss-reactive ketones (excluding diaryl/α,β-unsaturated/α-hetero) is 1. The van der Waals surface area contributed by atoms with E-state index < -0.39 is 0 Å². The molecule has 0 aromatic heterocycles. The zero-order chi connectivity index (χ0) is 16.4. The number of nitrogens with two attached hydrogens (primary N) is 3. The van der Waals surface area contributed by atoms with Crippen LogP contribution in [0.4, 0.5) is 0 Å². The van der Waals surface area contributed by atoms with Crippen LogP contribution in [0, 0.1) is 5.92 Å². The van der Waals surface area contributed by atoms with Crippen molar-refractivity contribution in [1.82, 2.24) is 0 Å². The minimum absolute atomic E-state index is 0.107. The lowest BCUT2D eigenvalue weighted by atomic mass is 9.92. The fraction of sp³-hybridized carbons (Fsp3) is 0.529. The molecule has 0 fully saturated rings. The summed E-state index contributed by atoms with van der Waals surface area (Å²) in [6.07, 6.45) is 3.83. The molecule has 0 radical (unpaired) electrons. The van der Waals surface area contributed by atoms with Crippen molar-refractivity contribution >= 4 is 11.7 Å². The zero-order valence-corrected chi connectivity index (χ0v) is 13.4. The summed E-state index contributed by atoms with van der Waals surface area (Å²) in [5, 5.41) is 0. The van der Waals surface area contributed by atoms with Crippen LogP contribution >= 0.6 is 0 Å². The normalized spacial score (nSPS) is 13.4. The molecule has 2 atom stereocenters. The molecular weight excluding hydrogens is 276 g/mol. The maximum absolute atomic E-state index is 12.1. The summed E-state index contributed by atoms with van der Waals surface area (Å²) in [5.41, 5.74) is 17.7. The number of carbonyl (C=O) groups is 1. The first kappa shape index (κ1) is 18.2. The Hall–Kier alpha value is -1.88. The summed E-state index contributed by atoms with van der Waals surface area (Å²) in [7, 11) is 0. The van der Waals surface area contributed by atoms with Gasteiger partial charge in [-0.15, -0.1) is 0 Å². The summed E-state index contributed by atoms with van der Waals surface area (Å²) in [4.78, 5) is 16.0. The van der Waals surface area contributed by atoms with Gasteiger partial charge < -0.3 is 17.2 Å². The maximum Gasteiger partial charge on any atom is 0.185 e. The average molecular weight is 304 g/mol. The molecule has 0 saturated carbocycles. The quantitative estimate of drug-likeness (QED) is 0.346. The second-order valence-corrected chi connectivity index (χ2v) is 5.87. The van der Waals surface area contributed by atoms with Crippen molar-refractivity contribution in [3.05, 3.63) is 35.9 Å². The lowest BCUT2D eigenvalue weighted by Crippen LogP contribution is -2.31. The van der Waals surface area contributed by atoms with Gasteiger partial charge in [-0.25, -0.2) is 0 Å². The predicted octanol–water partition coefficient (Wildman–Crippen LogP) is 1.60. The molecule has 0 aliphatic carbocycles. The lowest BCUT2D eigenvalue weighted by Gasteiger charge is -2.14. The van der Waals surface area contributed by atoms with Crippen molar-refractivity contribution in [1.29, 1.82) is 0 Å². The summed E-state index contributed by atoms with van der Waals surface area (Å²) < 4.78 is 0. The number of guanidine groups is 1. The van der Waals surface area contributed by atoms with E-state index in [9.17, 15) is 4.79 Å². The molecule has 5 heteroatoms. The van der Waals surface area contributed by atoms with E-state index in [1.54, 1.807) is 0 Å². The fourth-order valence-electron chi connectivity index (χ4n) is 2.43. The van der Waals surface area contributed by atoms with E-state index in [4.69, 9.17) is 17.2 Å². The van der Waals surface area contributed by atoms with Gasteiger partial charge in [-0.2, -0.15) is 0 Å². The zero-order valence-electron chi connectivity index (χ0n) is 13.4. The van der Waals surface area contributed by atoms with Gasteiger partial charge in [-0.05, 0) is 37.2 Å². The van der Waals surface area contributed by atoms with Crippen LogP contribution < -0.4 is 17.2 Å². The molecule has 1 rings (SSSR count). The summed E-state index contributed by atoms with van der Waals surface area (Å²) in [6.45, 7) is 2.68. The minimum atomic E-state index is -0.377. The van der Waals surface area contributed by atoms with E-state index >= 15 is 0 Å². The van der Waals surface area contributed by atoms with Crippen molar-refractivity contribution in [3.63, 3.8) is 0 Å². The number of aliphatic imine (C=N–C) groups is 1. The molecule has 1 aromatic carbocycles. The van der Waals surface area contributed by atoms with E-state index in [0.717, 1.165) is 19.3 Å². The van der Waals surface area contributed by atoms with E-state index in [2.05, 4.69) is 24.0 Å². The number of ketones is 1. The third-order valence-corrected chi connectivity index (χ3v) is 3.61. The second kappa shape index (κ2) is 9.95. The van der Waals surface area contributed by atoms with Crippen LogP contribution in [-0.4, -0.2) is 24.3 Å². The van der Waals surface area contributed by atoms with Crippen LogP contribution in [0.5, 0.6) is 0 Å². The van der Waals surface area contributed by atoms with Crippen molar-refractivity contribution in [2.75, 3.05) is 6.54 Å². The van der Waals surface area contributed by atoms with Crippen LogP contribution in [0.25, 0.3) is 0 Å². The number of carbonyl (C=O) groups excluding carboxylic acids is 1. The number of unbranched alkanes of at least 4 members (excludes halogenated alkanes) is 1. The predicted molar refractivity (Wildman–Crippen MR) is 91.4 cm³/mol. The van der Waals surface area contributed by atoms with Gasteiger partial charge in [0, 0.05) is 13.0 Å². The second-order valence-electron chi connectivity index (χ2n) is 5.87. The number of nitrogens with zero attached hydrogens (tertiary/aromatic N) is 1. The molecule has 0 aliphatic heterocycles. The van der Waals surface area contributed by atoms with Crippen LogP contribution in [0.1, 0.15) is 38.2 Å². The molecular formula is C17H28N4O. The van der Waals surface area contributed by atoms with Gasteiger partial charge >= 0.3 is 0 Å². The molecule has 1 aromatic rings. The highest BCUT2D eigenvalue weighted by Gasteiger charge is 2.16. The SMILES string of the molecule is C[C@H](CC(=O)[C@@H](N)CCCCN=C(N)N)Cc1ccccc1. The maximum atomic E-state index is 12.1. The van der Waals surface area contributed by atoms with Gasteiger partial charge in [0.25, 0.3) is 0 Å². The van der Waals surface area contributed by atoms with E-state index in [0.29, 0.717) is 25.3 Å². The summed E-state index contributed by atoms with van der Waals surface area (Å²) in [5.74, 6) is 0.558. The highest BCUT2D eigenvalue weighted by Crippen LogP contribution is 2.14. The molecule has 0 aliphatic rings. The van der Waals surface area contributed by atoms with Crippen LogP contribution in [0.3, 0.4) is 0 Å². The highest BCUT2D eigenvalue weighted by molar-refractivity contribution is 5.83. The molecule has 5 nitrogen and oxygen atoms in total. The Labute approximate surface area is 133 Å². The first-order valence-corrected chi connectivity index (χ1v) is 7.86. The Balaban J connectivity index is 2.24. The highest BCUT2D eigenvalue weighted by atomic mass is 16.1. The molecule has 0 spiro atoms. The molecule has 0 amide bonds. The Morgan fingerprint density at radius 1 is 1.18 bits per heavy atom. The number of hydrogen-bond donors (Lipinski definition) is 3. The molecule has 0 saturated heterocycles. The van der Waals surface area contributed by atoms with Crippen LogP contribution in [0.15, 0.2) is 35.3 Å². The van der Waals surface area contributed by atoms with Crippen molar-refractivity contribution < 1.29 is 4.79 Å². The Kier molecular flexibility index (Phi) is 8.22. The largest absolute Gasteiger partial charge is 0.370 e. The minimum Gasteiger partial charge on any atom is -0.370 e. The molecule has 0 heterocycles. The van der Waals surface area contributed by atoms with E-state index in [1.165, 1.54) is 5.56 Å². The first-order chi connectivity index (χ1) is 10.5. The van der Waals surface area contributed by atoms with Crippen molar-refractivity contribution in [2.45, 2.75) is 45.1 Å². The summed E-state index contributed by atoms with van der Waals surface area (Å²) >= 11 is 0. The first-order valence-electron chi connectivity index (χ1n) is 7.86. The lowest BCUT2D eigenvalue weighted by molar-refractivity contribution is -0.121. The number of benzene rings is 1. The smallest absolute Gasteiger partial charge is 0.185 e. The van der Waals surface area contributed by atoms with Crippen LogP contribution in [0.2, 0.25) is 0 Å². The number of rotatable bonds is 10. The number of hydrogen-bond acceptors (Lipinski definition) is 3. The standard InChI is InChI=1S/C17H28N4O/c1-13(11-14-7-3-2-4-8-14)12-16(22)15(18)9-5-6-10-21-17(19)20/h2-4,7-8,13,15H,5-6,9-12,18H2,1H3,(H4,19,20,21)/t13-,15-/m0/s1. The third kappa shape index (κ3) is 7.78. The average Bonchev–Trinajstić information content (AvgIpc) is 2.47. The van der Waals surface area contributed by atoms with E-state index in [1.807, 2.05) is 18.2 Å². The summed E-state index contributed by atoms with van der Waals surface area (Å²) in [6, 6.07) is 9.84. The van der Waals surface area contributed by atoms with Gasteiger partial charge in [0.1, 0.15) is 5.78 Å². The molecule has 122 valence electrons.